The Labute approximate surface area is 123 Å². The number of nitrogens with zero attached hydrogens (tertiary/aromatic N) is 1. The average molecular weight is 344 g/mol. The van der Waals surface area contributed by atoms with Gasteiger partial charge >= 0.3 is 0 Å². The molecule has 0 bridgehead atoms. The van der Waals surface area contributed by atoms with E-state index in [2.05, 4.69) is 59.8 Å². The monoisotopic (exact) mass is 343 g/mol. The third-order valence-corrected chi connectivity index (χ3v) is 4.75. The number of nitrogens with one attached hydrogen (secondary N) is 2. The molecule has 0 fully saturated rings. The fourth-order valence-electron chi connectivity index (χ4n) is 1.42. The topological polar surface area (TPSA) is 36.4 Å². The van der Waals surface area contributed by atoms with Crippen molar-refractivity contribution in [3.8, 4) is 0 Å². The first kappa shape index (κ1) is 13.6. The van der Waals surface area contributed by atoms with Crippen molar-refractivity contribution in [2.24, 2.45) is 4.99 Å². The molecule has 0 saturated heterocycles. The van der Waals surface area contributed by atoms with Gasteiger partial charge in [-0.3, -0.25) is 4.99 Å². The minimum absolute atomic E-state index is 0.791. The number of guanidine groups is 1. The van der Waals surface area contributed by atoms with Crippen LogP contribution in [-0.4, -0.2) is 13.0 Å². The van der Waals surface area contributed by atoms with Gasteiger partial charge in [-0.15, -0.1) is 11.3 Å². The van der Waals surface area contributed by atoms with Crippen LogP contribution < -0.4 is 10.6 Å². The molecule has 0 saturated carbocycles. The first-order valence-corrected chi connectivity index (χ1v) is 8.08. The molecule has 0 aliphatic carbocycles. The second-order valence-corrected chi connectivity index (χ2v) is 6.33. The largest absolute Gasteiger partial charge is 0.352 e. The number of thiophene rings is 2. The molecule has 6 heteroatoms. The molecule has 2 N–H and O–H groups in total. The molecule has 0 aromatic carbocycles. The summed E-state index contributed by atoms with van der Waals surface area (Å²) in [5, 5.41) is 12.9. The Morgan fingerprint density at radius 2 is 2.17 bits per heavy atom. The molecule has 96 valence electrons. The molecule has 0 aliphatic rings. The second kappa shape index (κ2) is 6.92. The SMILES string of the molecule is CN=C(NCc1ccsc1)NCc1cc(Br)cs1. The van der Waals surface area contributed by atoms with Gasteiger partial charge in [0, 0.05) is 28.3 Å². The van der Waals surface area contributed by atoms with Crippen molar-refractivity contribution >= 4 is 44.6 Å². The summed E-state index contributed by atoms with van der Waals surface area (Å²) in [4.78, 5) is 5.48. The maximum absolute atomic E-state index is 4.20. The van der Waals surface area contributed by atoms with E-state index in [1.54, 1.807) is 29.7 Å². The minimum Gasteiger partial charge on any atom is -0.352 e. The average Bonchev–Trinajstić information content (AvgIpc) is 3.01. The van der Waals surface area contributed by atoms with Gasteiger partial charge in [-0.2, -0.15) is 11.3 Å². The lowest BCUT2D eigenvalue weighted by Gasteiger charge is -2.10. The van der Waals surface area contributed by atoms with Gasteiger partial charge in [0.2, 0.25) is 0 Å². The Bertz CT molecular complexity index is 505. The normalized spacial score (nSPS) is 11.6. The highest BCUT2D eigenvalue weighted by Crippen LogP contribution is 2.19. The van der Waals surface area contributed by atoms with E-state index in [1.165, 1.54) is 10.4 Å². The third kappa shape index (κ3) is 4.12. The number of hydrogen-bond acceptors (Lipinski definition) is 3. The van der Waals surface area contributed by atoms with E-state index in [9.17, 15) is 0 Å². The van der Waals surface area contributed by atoms with Gasteiger partial charge in [-0.25, -0.2) is 0 Å². The minimum atomic E-state index is 0.791. The fraction of sp³-hybridized carbons (Fsp3) is 0.250. The number of aliphatic imine (C=N–C) groups is 1. The Kier molecular flexibility index (Phi) is 5.22. The molecule has 2 rings (SSSR count). The lowest BCUT2D eigenvalue weighted by molar-refractivity contribution is 0.817. The van der Waals surface area contributed by atoms with E-state index in [0.29, 0.717) is 0 Å². The van der Waals surface area contributed by atoms with E-state index in [0.717, 1.165) is 23.5 Å². The highest BCUT2D eigenvalue weighted by atomic mass is 79.9. The van der Waals surface area contributed by atoms with E-state index in [1.807, 2.05) is 0 Å². The molecule has 2 aromatic rings. The van der Waals surface area contributed by atoms with Crippen molar-refractivity contribution in [2.45, 2.75) is 13.1 Å². The van der Waals surface area contributed by atoms with Gasteiger partial charge in [0.1, 0.15) is 0 Å². The Hall–Kier alpha value is -0.850. The molecule has 0 spiro atoms. The van der Waals surface area contributed by atoms with Crippen LogP contribution in [0.1, 0.15) is 10.4 Å². The van der Waals surface area contributed by atoms with Crippen LogP contribution >= 0.6 is 38.6 Å². The zero-order valence-electron chi connectivity index (χ0n) is 9.94. The molecule has 0 unspecified atom stereocenters. The highest BCUT2D eigenvalue weighted by molar-refractivity contribution is 9.10. The molecule has 0 aliphatic heterocycles. The van der Waals surface area contributed by atoms with Gasteiger partial charge in [0.25, 0.3) is 0 Å². The van der Waals surface area contributed by atoms with Crippen LogP contribution in [0.3, 0.4) is 0 Å². The lowest BCUT2D eigenvalue weighted by atomic mass is 10.3. The predicted molar refractivity (Wildman–Crippen MR) is 83.4 cm³/mol. The van der Waals surface area contributed by atoms with E-state index in [4.69, 9.17) is 0 Å². The molecule has 2 heterocycles. The van der Waals surface area contributed by atoms with Crippen LogP contribution in [0.15, 0.2) is 37.7 Å². The van der Waals surface area contributed by atoms with E-state index < -0.39 is 0 Å². The maximum atomic E-state index is 4.20. The van der Waals surface area contributed by atoms with Gasteiger partial charge < -0.3 is 10.6 Å². The number of rotatable bonds is 4. The first-order valence-electron chi connectivity index (χ1n) is 5.46. The summed E-state index contributed by atoms with van der Waals surface area (Å²) in [6.45, 7) is 1.59. The van der Waals surface area contributed by atoms with Crippen LogP contribution in [-0.2, 0) is 13.1 Å². The molecule has 0 amide bonds. The standard InChI is InChI=1S/C12H14BrN3S2/c1-14-12(15-5-9-2-3-17-7-9)16-6-11-4-10(13)8-18-11/h2-4,7-8H,5-6H2,1H3,(H2,14,15,16). The number of halogens is 1. The van der Waals surface area contributed by atoms with Crippen LogP contribution in [0.4, 0.5) is 0 Å². The summed E-state index contributed by atoms with van der Waals surface area (Å²) in [6.07, 6.45) is 0. The summed E-state index contributed by atoms with van der Waals surface area (Å²) >= 11 is 6.89. The molecule has 2 aromatic heterocycles. The Balaban J connectivity index is 1.79. The number of hydrogen-bond donors (Lipinski definition) is 2. The van der Waals surface area contributed by atoms with Crippen molar-refractivity contribution in [3.63, 3.8) is 0 Å². The van der Waals surface area contributed by atoms with E-state index in [-0.39, 0.29) is 0 Å². The van der Waals surface area contributed by atoms with Gasteiger partial charge in [0.05, 0.1) is 6.54 Å². The van der Waals surface area contributed by atoms with Crippen molar-refractivity contribution in [1.29, 1.82) is 0 Å². The zero-order valence-corrected chi connectivity index (χ0v) is 13.2. The van der Waals surface area contributed by atoms with Crippen LogP contribution in [0, 0.1) is 0 Å². The summed E-state index contributed by atoms with van der Waals surface area (Å²) in [5.74, 6) is 0.825. The molecule has 0 radical (unpaired) electrons. The Morgan fingerprint density at radius 1 is 1.33 bits per heavy atom. The molecular weight excluding hydrogens is 330 g/mol. The summed E-state index contributed by atoms with van der Waals surface area (Å²) < 4.78 is 1.13. The lowest BCUT2D eigenvalue weighted by Crippen LogP contribution is -2.36. The fourth-order valence-corrected chi connectivity index (χ4v) is 3.48. The second-order valence-electron chi connectivity index (χ2n) is 3.64. The van der Waals surface area contributed by atoms with Gasteiger partial charge in [-0.1, -0.05) is 0 Å². The molecule has 0 atom stereocenters. The smallest absolute Gasteiger partial charge is 0.191 e. The van der Waals surface area contributed by atoms with Gasteiger partial charge in [0.15, 0.2) is 5.96 Å². The summed E-state index contributed by atoms with van der Waals surface area (Å²) in [6, 6.07) is 4.23. The Morgan fingerprint density at radius 3 is 2.78 bits per heavy atom. The molecule has 18 heavy (non-hydrogen) atoms. The maximum Gasteiger partial charge on any atom is 0.191 e. The zero-order chi connectivity index (χ0) is 12.8. The summed E-state index contributed by atoms with van der Waals surface area (Å²) in [7, 11) is 1.79. The predicted octanol–water partition coefficient (Wildman–Crippen LogP) is 3.44. The third-order valence-electron chi connectivity index (χ3n) is 2.32. The van der Waals surface area contributed by atoms with E-state index >= 15 is 0 Å². The quantitative estimate of drug-likeness (QED) is 0.659. The van der Waals surface area contributed by atoms with Gasteiger partial charge in [-0.05, 0) is 44.4 Å². The molecular formula is C12H14BrN3S2. The highest BCUT2D eigenvalue weighted by Gasteiger charge is 2.01. The van der Waals surface area contributed by atoms with Crippen LogP contribution in [0.5, 0.6) is 0 Å². The first-order chi connectivity index (χ1) is 8.78. The van der Waals surface area contributed by atoms with Crippen LogP contribution in [0.25, 0.3) is 0 Å². The summed E-state index contributed by atoms with van der Waals surface area (Å²) in [5.41, 5.74) is 1.28. The van der Waals surface area contributed by atoms with Crippen molar-refractivity contribution in [1.82, 2.24) is 10.6 Å². The van der Waals surface area contributed by atoms with Crippen molar-refractivity contribution in [3.05, 3.63) is 43.2 Å². The van der Waals surface area contributed by atoms with Crippen LogP contribution in [0.2, 0.25) is 0 Å². The molecule has 3 nitrogen and oxygen atoms in total. The van der Waals surface area contributed by atoms with Crippen molar-refractivity contribution < 1.29 is 0 Å². The van der Waals surface area contributed by atoms with Crippen molar-refractivity contribution in [2.75, 3.05) is 7.05 Å².